The molecule has 0 spiro atoms. The Kier molecular flexibility index (Phi) is 3.98. The molecule has 0 aliphatic heterocycles. The molecule has 0 saturated heterocycles. The molecule has 90 valence electrons. The highest BCUT2D eigenvalue weighted by atomic mass is 15.2. The van der Waals surface area contributed by atoms with E-state index < -0.39 is 0 Å². The molecule has 0 unspecified atom stereocenters. The lowest BCUT2D eigenvalue weighted by atomic mass is 10.0. The minimum absolute atomic E-state index is 0.121. The van der Waals surface area contributed by atoms with Gasteiger partial charge in [-0.15, -0.1) is 0 Å². The summed E-state index contributed by atoms with van der Waals surface area (Å²) in [5, 5.41) is 3.24. The van der Waals surface area contributed by atoms with E-state index in [0.717, 1.165) is 6.54 Å². The summed E-state index contributed by atoms with van der Waals surface area (Å²) in [7, 11) is 4.15. The van der Waals surface area contributed by atoms with Crippen LogP contribution in [-0.2, 0) is 0 Å². The van der Waals surface area contributed by atoms with E-state index in [1.807, 2.05) is 7.05 Å². The Bertz CT molecular complexity index is 356. The molecule has 0 amide bonds. The van der Waals surface area contributed by atoms with Crippen LogP contribution in [0.2, 0.25) is 0 Å². The van der Waals surface area contributed by atoms with E-state index in [2.05, 4.69) is 63.2 Å². The number of benzene rings is 1. The van der Waals surface area contributed by atoms with Crippen molar-refractivity contribution in [1.29, 1.82) is 0 Å². The molecular weight excluding hydrogens is 196 g/mol. The molecule has 0 aliphatic carbocycles. The van der Waals surface area contributed by atoms with Crippen molar-refractivity contribution in [3.8, 4) is 0 Å². The quantitative estimate of drug-likeness (QED) is 0.839. The lowest BCUT2D eigenvalue weighted by molar-refractivity contribution is 0.463. The van der Waals surface area contributed by atoms with Crippen molar-refractivity contribution in [2.24, 2.45) is 0 Å². The van der Waals surface area contributed by atoms with Crippen LogP contribution in [0.3, 0.4) is 0 Å². The first-order valence-corrected chi connectivity index (χ1v) is 5.84. The fourth-order valence-electron chi connectivity index (χ4n) is 1.83. The maximum atomic E-state index is 3.24. The second kappa shape index (κ2) is 4.88. The van der Waals surface area contributed by atoms with Gasteiger partial charge in [0.25, 0.3) is 0 Å². The molecule has 0 aromatic heterocycles. The van der Waals surface area contributed by atoms with E-state index in [-0.39, 0.29) is 5.54 Å². The molecule has 1 rings (SSSR count). The maximum absolute atomic E-state index is 3.24. The molecule has 16 heavy (non-hydrogen) atoms. The SMILES string of the molecule is CNCC(C)(C)N(C)c1ccc(C)c(C)c1. The fourth-order valence-corrected chi connectivity index (χ4v) is 1.83. The molecule has 1 aromatic carbocycles. The summed E-state index contributed by atoms with van der Waals surface area (Å²) in [5.41, 5.74) is 4.10. The first-order chi connectivity index (χ1) is 7.38. The van der Waals surface area contributed by atoms with Crippen LogP contribution in [0.15, 0.2) is 18.2 Å². The minimum atomic E-state index is 0.121. The van der Waals surface area contributed by atoms with E-state index in [0.29, 0.717) is 0 Å². The van der Waals surface area contributed by atoms with Crippen LogP contribution in [0.4, 0.5) is 5.69 Å². The molecule has 2 heteroatoms. The van der Waals surface area contributed by atoms with Gasteiger partial charge in [-0.05, 0) is 58.0 Å². The summed E-state index contributed by atoms with van der Waals surface area (Å²) >= 11 is 0. The Hall–Kier alpha value is -1.02. The van der Waals surface area contributed by atoms with Crippen LogP contribution in [-0.4, -0.2) is 26.2 Å². The number of rotatable bonds is 4. The molecule has 0 atom stereocenters. The van der Waals surface area contributed by atoms with E-state index in [4.69, 9.17) is 0 Å². The number of hydrogen-bond donors (Lipinski definition) is 1. The molecule has 0 heterocycles. The molecule has 1 N–H and O–H groups in total. The van der Waals surface area contributed by atoms with E-state index >= 15 is 0 Å². The summed E-state index contributed by atoms with van der Waals surface area (Å²) in [4.78, 5) is 2.33. The fraction of sp³-hybridized carbons (Fsp3) is 0.571. The van der Waals surface area contributed by atoms with Crippen molar-refractivity contribution >= 4 is 5.69 Å². The summed E-state index contributed by atoms with van der Waals surface area (Å²) in [6, 6.07) is 6.64. The number of hydrogen-bond acceptors (Lipinski definition) is 2. The van der Waals surface area contributed by atoms with Gasteiger partial charge in [0, 0.05) is 24.8 Å². The van der Waals surface area contributed by atoms with Gasteiger partial charge in [-0.1, -0.05) is 6.07 Å². The summed E-state index contributed by atoms with van der Waals surface area (Å²) in [6.45, 7) is 9.78. The smallest absolute Gasteiger partial charge is 0.0466 e. The van der Waals surface area contributed by atoms with E-state index in [1.165, 1.54) is 16.8 Å². The zero-order valence-corrected chi connectivity index (χ0v) is 11.4. The molecular formula is C14H24N2. The van der Waals surface area contributed by atoms with E-state index in [9.17, 15) is 0 Å². The summed E-state index contributed by atoms with van der Waals surface area (Å²) in [6.07, 6.45) is 0. The monoisotopic (exact) mass is 220 g/mol. The zero-order chi connectivity index (χ0) is 12.3. The Morgan fingerprint density at radius 3 is 2.31 bits per heavy atom. The van der Waals surface area contributed by atoms with Gasteiger partial charge in [0.05, 0.1) is 0 Å². The average molecular weight is 220 g/mol. The van der Waals surface area contributed by atoms with Gasteiger partial charge in [0.15, 0.2) is 0 Å². The third kappa shape index (κ3) is 2.76. The van der Waals surface area contributed by atoms with Gasteiger partial charge in [-0.3, -0.25) is 0 Å². The van der Waals surface area contributed by atoms with Crippen molar-refractivity contribution < 1.29 is 0 Å². The molecule has 0 fully saturated rings. The number of nitrogens with one attached hydrogen (secondary N) is 1. The first kappa shape index (κ1) is 13.0. The van der Waals surface area contributed by atoms with Crippen LogP contribution in [0, 0.1) is 13.8 Å². The molecule has 2 nitrogen and oxygen atoms in total. The first-order valence-electron chi connectivity index (χ1n) is 5.84. The van der Waals surface area contributed by atoms with Crippen molar-refractivity contribution in [3.63, 3.8) is 0 Å². The van der Waals surface area contributed by atoms with Crippen molar-refractivity contribution in [2.75, 3.05) is 25.5 Å². The zero-order valence-electron chi connectivity index (χ0n) is 11.4. The highest BCUT2D eigenvalue weighted by Gasteiger charge is 2.22. The maximum Gasteiger partial charge on any atom is 0.0466 e. The predicted octanol–water partition coefficient (Wildman–Crippen LogP) is 2.74. The largest absolute Gasteiger partial charge is 0.368 e. The normalized spacial score (nSPS) is 11.6. The van der Waals surface area contributed by atoms with Crippen LogP contribution < -0.4 is 10.2 Å². The van der Waals surface area contributed by atoms with Gasteiger partial charge in [-0.25, -0.2) is 0 Å². The lowest BCUT2D eigenvalue weighted by Gasteiger charge is -2.37. The van der Waals surface area contributed by atoms with Crippen LogP contribution in [0.25, 0.3) is 0 Å². The third-order valence-electron chi connectivity index (χ3n) is 3.40. The van der Waals surface area contributed by atoms with Gasteiger partial charge in [0.2, 0.25) is 0 Å². The Labute approximate surface area is 99.7 Å². The van der Waals surface area contributed by atoms with Crippen LogP contribution in [0.5, 0.6) is 0 Å². The molecule has 0 aliphatic rings. The topological polar surface area (TPSA) is 15.3 Å². The van der Waals surface area contributed by atoms with Crippen molar-refractivity contribution in [1.82, 2.24) is 5.32 Å². The van der Waals surface area contributed by atoms with Crippen molar-refractivity contribution in [2.45, 2.75) is 33.2 Å². The minimum Gasteiger partial charge on any atom is -0.368 e. The van der Waals surface area contributed by atoms with Gasteiger partial charge in [0.1, 0.15) is 0 Å². The third-order valence-corrected chi connectivity index (χ3v) is 3.40. The molecule has 0 saturated carbocycles. The molecule has 0 bridgehead atoms. The molecule has 0 radical (unpaired) electrons. The highest BCUT2D eigenvalue weighted by Crippen LogP contribution is 2.24. The Morgan fingerprint density at radius 1 is 1.19 bits per heavy atom. The second-order valence-corrected chi connectivity index (χ2v) is 5.17. The number of nitrogens with zero attached hydrogens (tertiary/aromatic N) is 1. The van der Waals surface area contributed by atoms with Gasteiger partial charge in [-0.2, -0.15) is 0 Å². The van der Waals surface area contributed by atoms with Gasteiger partial charge < -0.3 is 10.2 Å². The number of anilines is 1. The summed E-state index contributed by atoms with van der Waals surface area (Å²) in [5.74, 6) is 0. The van der Waals surface area contributed by atoms with E-state index in [1.54, 1.807) is 0 Å². The number of aryl methyl sites for hydroxylation is 2. The lowest BCUT2D eigenvalue weighted by Crippen LogP contribution is -2.48. The highest BCUT2D eigenvalue weighted by molar-refractivity contribution is 5.51. The van der Waals surface area contributed by atoms with Crippen molar-refractivity contribution in [3.05, 3.63) is 29.3 Å². The summed E-state index contributed by atoms with van der Waals surface area (Å²) < 4.78 is 0. The Balaban J connectivity index is 2.95. The van der Waals surface area contributed by atoms with Crippen LogP contribution in [0.1, 0.15) is 25.0 Å². The Morgan fingerprint density at radius 2 is 1.81 bits per heavy atom. The standard InChI is InChI=1S/C14H24N2/c1-11-7-8-13(9-12(11)2)16(6)14(3,4)10-15-5/h7-9,15H,10H2,1-6H3. The average Bonchev–Trinajstić information content (AvgIpc) is 2.21. The number of likely N-dealkylation sites (N-methyl/N-ethyl adjacent to an activating group) is 2. The van der Waals surface area contributed by atoms with Crippen LogP contribution >= 0.6 is 0 Å². The van der Waals surface area contributed by atoms with Gasteiger partial charge >= 0.3 is 0 Å². The predicted molar refractivity (Wildman–Crippen MR) is 72.3 cm³/mol. The molecule has 1 aromatic rings. The second-order valence-electron chi connectivity index (χ2n) is 5.17.